The van der Waals surface area contributed by atoms with E-state index >= 15 is 0 Å². The highest BCUT2D eigenvalue weighted by atomic mass is 35.5. The van der Waals surface area contributed by atoms with Gasteiger partial charge in [0.25, 0.3) is 0 Å². The summed E-state index contributed by atoms with van der Waals surface area (Å²) in [5.74, 6) is 0.375. The Bertz CT molecular complexity index is 756. The molecule has 0 amide bonds. The third-order valence-electron chi connectivity index (χ3n) is 2.93. The molecule has 0 atom stereocenters. The maximum absolute atomic E-state index is 12.1. The van der Waals surface area contributed by atoms with Gasteiger partial charge in [0.1, 0.15) is 10.7 Å². The number of ketones is 1. The number of hydrogen-bond acceptors (Lipinski definition) is 5. The molecule has 0 fully saturated rings. The van der Waals surface area contributed by atoms with Crippen molar-refractivity contribution in [1.29, 1.82) is 0 Å². The normalized spacial score (nSPS) is 10.6. The number of thiophene rings is 1. The summed E-state index contributed by atoms with van der Waals surface area (Å²) in [5, 5.41) is 11.7. The molecule has 0 radical (unpaired) electrons. The number of halogens is 1. The molecular weight excluding hydrogens is 336 g/mol. The SMILES string of the molecule is O=C(CSc1ccc(-c2cccs2)nn1)c1ccc(Cl)cc1. The van der Waals surface area contributed by atoms with Gasteiger partial charge in [0, 0.05) is 10.6 Å². The van der Waals surface area contributed by atoms with Gasteiger partial charge >= 0.3 is 0 Å². The van der Waals surface area contributed by atoms with Crippen LogP contribution in [0.3, 0.4) is 0 Å². The second kappa shape index (κ2) is 7.05. The van der Waals surface area contributed by atoms with E-state index in [0.717, 1.165) is 15.6 Å². The third-order valence-corrected chi connectivity index (χ3v) is 5.00. The van der Waals surface area contributed by atoms with Crippen LogP contribution in [0.15, 0.2) is 58.9 Å². The zero-order chi connectivity index (χ0) is 15.4. The van der Waals surface area contributed by atoms with Crippen LogP contribution in [-0.2, 0) is 0 Å². The lowest BCUT2D eigenvalue weighted by molar-refractivity contribution is 0.102. The van der Waals surface area contributed by atoms with Gasteiger partial charge in [-0.05, 0) is 47.8 Å². The van der Waals surface area contributed by atoms with Crippen LogP contribution in [0.5, 0.6) is 0 Å². The largest absolute Gasteiger partial charge is 0.293 e. The Morgan fingerprint density at radius 3 is 2.55 bits per heavy atom. The van der Waals surface area contributed by atoms with Crippen molar-refractivity contribution in [1.82, 2.24) is 10.2 Å². The molecule has 3 aromatic rings. The molecule has 0 N–H and O–H groups in total. The van der Waals surface area contributed by atoms with Crippen LogP contribution in [0.4, 0.5) is 0 Å². The lowest BCUT2D eigenvalue weighted by Crippen LogP contribution is -2.02. The summed E-state index contributed by atoms with van der Waals surface area (Å²) in [6, 6.07) is 14.7. The minimum Gasteiger partial charge on any atom is -0.293 e. The average molecular weight is 347 g/mol. The van der Waals surface area contributed by atoms with Crippen LogP contribution in [0.25, 0.3) is 10.6 Å². The predicted octanol–water partition coefficient (Wildman–Crippen LogP) is 4.83. The number of nitrogens with zero attached hydrogens (tertiary/aromatic N) is 2. The highest BCUT2D eigenvalue weighted by Crippen LogP contribution is 2.24. The number of benzene rings is 1. The van der Waals surface area contributed by atoms with E-state index < -0.39 is 0 Å². The smallest absolute Gasteiger partial charge is 0.173 e. The minimum atomic E-state index is 0.0470. The van der Waals surface area contributed by atoms with E-state index in [-0.39, 0.29) is 5.78 Å². The fourth-order valence-corrected chi connectivity index (χ4v) is 3.34. The first-order chi connectivity index (χ1) is 10.7. The molecule has 110 valence electrons. The van der Waals surface area contributed by atoms with Crippen molar-refractivity contribution in [2.24, 2.45) is 0 Å². The molecule has 1 aromatic carbocycles. The summed E-state index contributed by atoms with van der Waals surface area (Å²) < 4.78 is 0. The van der Waals surface area contributed by atoms with Gasteiger partial charge < -0.3 is 0 Å². The van der Waals surface area contributed by atoms with Gasteiger partial charge in [0.05, 0.1) is 10.6 Å². The first kappa shape index (κ1) is 15.2. The minimum absolute atomic E-state index is 0.0470. The Balaban J connectivity index is 1.61. The lowest BCUT2D eigenvalue weighted by atomic mass is 10.1. The Kier molecular flexibility index (Phi) is 4.87. The van der Waals surface area contributed by atoms with Crippen molar-refractivity contribution in [2.75, 3.05) is 5.75 Å². The quantitative estimate of drug-likeness (QED) is 0.490. The van der Waals surface area contributed by atoms with Gasteiger partial charge in [-0.15, -0.1) is 21.5 Å². The summed E-state index contributed by atoms with van der Waals surface area (Å²) in [4.78, 5) is 13.2. The standard InChI is InChI=1S/C16H11ClN2OS2/c17-12-5-3-11(4-6-12)14(20)10-22-16-8-7-13(18-19-16)15-2-1-9-21-15/h1-9H,10H2. The van der Waals surface area contributed by atoms with Crippen LogP contribution in [-0.4, -0.2) is 21.7 Å². The zero-order valence-electron chi connectivity index (χ0n) is 11.4. The lowest BCUT2D eigenvalue weighted by Gasteiger charge is -2.02. The van der Waals surface area contributed by atoms with E-state index in [2.05, 4.69) is 10.2 Å². The van der Waals surface area contributed by atoms with Crippen molar-refractivity contribution in [2.45, 2.75) is 5.03 Å². The first-order valence-electron chi connectivity index (χ1n) is 6.51. The van der Waals surface area contributed by atoms with Crippen molar-refractivity contribution >= 4 is 40.5 Å². The maximum Gasteiger partial charge on any atom is 0.173 e. The number of carbonyl (C=O) groups excluding carboxylic acids is 1. The molecule has 2 aromatic heterocycles. The zero-order valence-corrected chi connectivity index (χ0v) is 13.8. The monoisotopic (exact) mass is 346 g/mol. The topological polar surface area (TPSA) is 42.9 Å². The molecule has 0 unspecified atom stereocenters. The number of Topliss-reactive ketones (excluding diaryl/α,β-unsaturated/α-hetero) is 1. The Morgan fingerprint density at radius 2 is 1.91 bits per heavy atom. The van der Waals surface area contributed by atoms with E-state index in [1.165, 1.54) is 11.8 Å². The molecule has 0 aliphatic carbocycles. The van der Waals surface area contributed by atoms with E-state index in [1.807, 2.05) is 29.6 Å². The summed E-state index contributed by atoms with van der Waals surface area (Å²) >= 11 is 8.82. The van der Waals surface area contributed by atoms with Gasteiger partial charge in [0.15, 0.2) is 5.78 Å². The van der Waals surface area contributed by atoms with E-state index in [4.69, 9.17) is 11.6 Å². The van der Waals surface area contributed by atoms with Gasteiger partial charge in [-0.1, -0.05) is 29.4 Å². The summed E-state index contributed by atoms with van der Waals surface area (Å²) in [6.45, 7) is 0. The molecule has 0 saturated carbocycles. The third kappa shape index (κ3) is 3.74. The molecule has 2 heterocycles. The van der Waals surface area contributed by atoms with Gasteiger partial charge in [0.2, 0.25) is 0 Å². The maximum atomic E-state index is 12.1. The molecule has 22 heavy (non-hydrogen) atoms. The van der Waals surface area contributed by atoms with Crippen molar-refractivity contribution in [3.8, 4) is 10.6 Å². The average Bonchev–Trinajstić information content (AvgIpc) is 3.08. The number of aromatic nitrogens is 2. The van der Waals surface area contributed by atoms with Gasteiger partial charge in [-0.3, -0.25) is 4.79 Å². The Labute approximate surface area is 141 Å². The van der Waals surface area contributed by atoms with Crippen LogP contribution < -0.4 is 0 Å². The molecule has 0 aliphatic rings. The number of thioether (sulfide) groups is 1. The van der Waals surface area contributed by atoms with Crippen molar-refractivity contribution in [3.63, 3.8) is 0 Å². The van der Waals surface area contributed by atoms with E-state index in [0.29, 0.717) is 16.3 Å². The molecule has 0 aliphatic heterocycles. The van der Waals surface area contributed by atoms with Crippen LogP contribution in [0, 0.1) is 0 Å². The second-order valence-corrected chi connectivity index (χ2v) is 6.83. The first-order valence-corrected chi connectivity index (χ1v) is 8.76. The van der Waals surface area contributed by atoms with Crippen molar-refractivity contribution < 1.29 is 4.79 Å². The molecule has 6 heteroatoms. The molecule has 0 bridgehead atoms. The van der Waals surface area contributed by atoms with E-state index in [1.54, 1.807) is 35.6 Å². The molecule has 3 nitrogen and oxygen atoms in total. The summed E-state index contributed by atoms with van der Waals surface area (Å²) in [7, 11) is 0. The molecule has 3 rings (SSSR count). The predicted molar refractivity (Wildman–Crippen MR) is 91.9 cm³/mol. The summed E-state index contributed by atoms with van der Waals surface area (Å²) in [6.07, 6.45) is 0. The fraction of sp³-hybridized carbons (Fsp3) is 0.0625. The highest BCUT2D eigenvalue weighted by Gasteiger charge is 2.08. The summed E-state index contributed by atoms with van der Waals surface area (Å²) in [5.41, 5.74) is 1.50. The highest BCUT2D eigenvalue weighted by molar-refractivity contribution is 7.99. The molecule has 0 saturated heterocycles. The van der Waals surface area contributed by atoms with Gasteiger partial charge in [-0.25, -0.2) is 0 Å². The number of hydrogen-bond donors (Lipinski definition) is 0. The van der Waals surface area contributed by atoms with Crippen LogP contribution in [0.1, 0.15) is 10.4 Å². The Hall–Kier alpha value is -1.69. The van der Waals surface area contributed by atoms with Crippen molar-refractivity contribution in [3.05, 3.63) is 64.5 Å². The Morgan fingerprint density at radius 1 is 1.09 bits per heavy atom. The van der Waals surface area contributed by atoms with Crippen LogP contribution >= 0.6 is 34.7 Å². The molecule has 0 spiro atoms. The number of rotatable bonds is 5. The molecular formula is C16H11ClN2OS2. The number of carbonyl (C=O) groups is 1. The second-order valence-electron chi connectivity index (χ2n) is 4.45. The van der Waals surface area contributed by atoms with Gasteiger partial charge in [-0.2, -0.15) is 0 Å². The van der Waals surface area contributed by atoms with E-state index in [9.17, 15) is 4.79 Å². The van der Waals surface area contributed by atoms with Crippen LogP contribution in [0.2, 0.25) is 5.02 Å². The fourth-order valence-electron chi connectivity index (χ4n) is 1.81.